The summed E-state index contributed by atoms with van der Waals surface area (Å²) in [6.07, 6.45) is 7.82. The Labute approximate surface area is 216 Å². The zero-order valence-corrected chi connectivity index (χ0v) is 21.6. The summed E-state index contributed by atoms with van der Waals surface area (Å²) in [7, 11) is 0. The van der Waals surface area contributed by atoms with Crippen LogP contribution in [0.1, 0.15) is 51.3 Å². The van der Waals surface area contributed by atoms with Gasteiger partial charge in [-0.05, 0) is 72.5 Å². The molecule has 6 rings (SSSR count). The molecule has 1 saturated heterocycles. The largest absolute Gasteiger partial charge is 0.497 e. The zero-order valence-electron chi connectivity index (χ0n) is 21.6. The summed E-state index contributed by atoms with van der Waals surface area (Å²) >= 11 is 0. The van der Waals surface area contributed by atoms with Crippen LogP contribution < -0.4 is 0 Å². The number of ether oxygens (including phenoxy) is 2. The molecule has 3 atom stereocenters. The number of hydrogen-bond donors (Lipinski definition) is 1. The summed E-state index contributed by atoms with van der Waals surface area (Å²) < 4.78 is 12.4. The first kappa shape index (κ1) is 23.7. The van der Waals surface area contributed by atoms with E-state index in [-0.39, 0.29) is 5.92 Å². The van der Waals surface area contributed by atoms with Crippen molar-refractivity contribution >= 4 is 39.3 Å². The van der Waals surface area contributed by atoms with E-state index in [4.69, 9.17) is 14.5 Å². The number of carbonyl (C=O) groups is 1. The van der Waals surface area contributed by atoms with Crippen LogP contribution in [-0.2, 0) is 14.3 Å². The van der Waals surface area contributed by atoms with Gasteiger partial charge < -0.3 is 14.6 Å². The maximum Gasteiger partial charge on any atom is 0.337 e. The lowest BCUT2D eigenvalue weighted by atomic mass is 9.66. The van der Waals surface area contributed by atoms with Gasteiger partial charge in [-0.15, -0.1) is 0 Å². The van der Waals surface area contributed by atoms with Gasteiger partial charge in [0, 0.05) is 18.2 Å². The summed E-state index contributed by atoms with van der Waals surface area (Å²) in [6, 6.07) is 16.3. The fraction of sp³-hybridized carbons (Fsp3) is 0.312. The molecule has 5 nitrogen and oxygen atoms in total. The van der Waals surface area contributed by atoms with Gasteiger partial charge in [-0.3, -0.25) is 4.99 Å². The Kier molecular flexibility index (Phi) is 5.39. The quantitative estimate of drug-likeness (QED) is 0.397. The number of fused-ring (bicyclic) bond motifs is 3. The number of dihydropyridines is 1. The van der Waals surface area contributed by atoms with E-state index in [1.807, 2.05) is 63.4 Å². The number of carboxylic acid groups (broad SMARTS) is 1. The van der Waals surface area contributed by atoms with Crippen LogP contribution in [0.25, 0.3) is 27.1 Å². The number of hydrogen-bond acceptors (Lipinski definition) is 4. The Morgan fingerprint density at radius 3 is 2.35 bits per heavy atom. The second-order valence-corrected chi connectivity index (χ2v) is 11.2. The summed E-state index contributed by atoms with van der Waals surface area (Å²) in [4.78, 5) is 18.0. The van der Waals surface area contributed by atoms with Crippen molar-refractivity contribution in [2.24, 2.45) is 10.9 Å². The van der Waals surface area contributed by atoms with Crippen molar-refractivity contribution in [2.45, 2.75) is 51.4 Å². The number of benzene rings is 3. The van der Waals surface area contributed by atoms with Crippen LogP contribution in [0, 0.1) is 5.92 Å². The molecule has 5 heteroatoms. The van der Waals surface area contributed by atoms with Gasteiger partial charge in [-0.2, -0.15) is 0 Å². The van der Waals surface area contributed by atoms with E-state index in [0.717, 1.165) is 44.9 Å². The van der Waals surface area contributed by atoms with Crippen LogP contribution in [0.15, 0.2) is 83.1 Å². The first-order valence-corrected chi connectivity index (χ1v) is 12.8. The highest BCUT2D eigenvalue weighted by Gasteiger charge is 2.48. The van der Waals surface area contributed by atoms with E-state index in [1.54, 1.807) is 0 Å². The zero-order chi connectivity index (χ0) is 25.9. The molecular weight excluding hydrogens is 462 g/mol. The summed E-state index contributed by atoms with van der Waals surface area (Å²) in [5.41, 5.74) is 2.53. The van der Waals surface area contributed by atoms with E-state index in [0.29, 0.717) is 12.2 Å². The lowest BCUT2D eigenvalue weighted by Crippen LogP contribution is -2.43. The Morgan fingerprint density at radius 1 is 1.03 bits per heavy atom. The number of carboxylic acids is 1. The molecule has 3 aromatic rings. The topological polar surface area (TPSA) is 68.1 Å². The van der Waals surface area contributed by atoms with Gasteiger partial charge in [0.1, 0.15) is 5.76 Å². The minimum Gasteiger partial charge on any atom is -0.497 e. The van der Waals surface area contributed by atoms with Crippen molar-refractivity contribution in [3.8, 4) is 0 Å². The van der Waals surface area contributed by atoms with Crippen LogP contribution in [0.4, 0.5) is 0 Å². The van der Waals surface area contributed by atoms with Gasteiger partial charge in [0.25, 0.3) is 0 Å². The number of nitrogens with zero attached hydrogens (tertiary/aromatic N) is 1. The monoisotopic (exact) mass is 493 g/mol. The third-order valence-electron chi connectivity index (χ3n) is 7.67. The molecule has 0 aromatic heterocycles. The molecule has 1 fully saturated rings. The van der Waals surface area contributed by atoms with Crippen LogP contribution >= 0.6 is 0 Å². The maximum atomic E-state index is 12.9. The highest BCUT2D eigenvalue weighted by molar-refractivity contribution is 6.15. The van der Waals surface area contributed by atoms with E-state index < -0.39 is 23.2 Å². The van der Waals surface area contributed by atoms with Crippen LogP contribution in [0.3, 0.4) is 0 Å². The van der Waals surface area contributed by atoms with Crippen molar-refractivity contribution in [1.29, 1.82) is 0 Å². The van der Waals surface area contributed by atoms with Crippen LogP contribution in [0.2, 0.25) is 0 Å². The van der Waals surface area contributed by atoms with Crippen molar-refractivity contribution < 1.29 is 19.4 Å². The lowest BCUT2D eigenvalue weighted by Gasteiger charge is -2.45. The Bertz CT molecular complexity index is 1570. The third kappa shape index (κ3) is 3.72. The lowest BCUT2D eigenvalue weighted by molar-refractivity contribution is -0.160. The minimum absolute atomic E-state index is 0.0175. The molecule has 37 heavy (non-hydrogen) atoms. The summed E-state index contributed by atoms with van der Waals surface area (Å²) in [5.74, 6) is -0.104. The van der Waals surface area contributed by atoms with E-state index >= 15 is 0 Å². The summed E-state index contributed by atoms with van der Waals surface area (Å²) in [6.45, 7) is 8.48. The molecule has 0 amide bonds. The third-order valence-corrected chi connectivity index (χ3v) is 7.67. The number of aliphatic carboxylic acids is 1. The number of allylic oxidation sites excluding steroid dienone is 3. The van der Waals surface area contributed by atoms with Crippen molar-refractivity contribution in [1.82, 2.24) is 0 Å². The molecule has 0 bridgehead atoms. The molecule has 1 N–H and O–H groups in total. The van der Waals surface area contributed by atoms with Crippen LogP contribution in [-0.4, -0.2) is 35.0 Å². The fourth-order valence-corrected chi connectivity index (χ4v) is 6.23. The molecule has 0 spiro atoms. The second kappa shape index (κ2) is 8.42. The Hall–Kier alpha value is -3.70. The second-order valence-electron chi connectivity index (χ2n) is 11.2. The molecule has 1 aliphatic carbocycles. The fourth-order valence-electron chi connectivity index (χ4n) is 6.23. The normalized spacial score (nSPS) is 23.6. The van der Waals surface area contributed by atoms with Crippen molar-refractivity contribution in [2.75, 3.05) is 6.61 Å². The average Bonchev–Trinajstić information content (AvgIpc) is 2.87. The standard InChI is InChI=1S/C32H31NO4/c1-31(2,3)37-29(30(34)35)27-23-12-8-6-10-21(23)20-9-5-7-11-22(20)26(27)24-13-14-25-28-19(16-18-36-25)15-17-33-32(24,28)4/h5-15,17,28-29H,16,18H2,1-4H3,(H,34,35). The van der Waals surface area contributed by atoms with Gasteiger partial charge in [0.05, 0.1) is 23.7 Å². The predicted molar refractivity (Wildman–Crippen MR) is 148 cm³/mol. The molecule has 188 valence electrons. The van der Waals surface area contributed by atoms with Crippen molar-refractivity contribution in [3.63, 3.8) is 0 Å². The van der Waals surface area contributed by atoms with E-state index in [2.05, 4.69) is 37.3 Å². The van der Waals surface area contributed by atoms with E-state index in [1.165, 1.54) is 5.57 Å². The van der Waals surface area contributed by atoms with Gasteiger partial charge in [-0.1, -0.05) is 60.2 Å². The molecule has 3 aliphatic rings. The molecule has 0 saturated carbocycles. The predicted octanol–water partition coefficient (Wildman–Crippen LogP) is 7.02. The van der Waals surface area contributed by atoms with Gasteiger partial charge in [-0.25, -0.2) is 4.79 Å². The number of aliphatic imine (C=N–C) groups is 1. The van der Waals surface area contributed by atoms with Crippen LogP contribution in [0.5, 0.6) is 0 Å². The van der Waals surface area contributed by atoms with E-state index in [9.17, 15) is 9.90 Å². The highest BCUT2D eigenvalue weighted by Crippen LogP contribution is 2.53. The van der Waals surface area contributed by atoms with Crippen molar-refractivity contribution in [3.05, 3.63) is 89.2 Å². The highest BCUT2D eigenvalue weighted by atomic mass is 16.5. The smallest absolute Gasteiger partial charge is 0.337 e. The molecule has 2 heterocycles. The molecule has 0 radical (unpaired) electrons. The molecule has 3 aromatic carbocycles. The van der Waals surface area contributed by atoms with Gasteiger partial charge >= 0.3 is 5.97 Å². The molecule has 2 aliphatic heterocycles. The number of rotatable bonds is 4. The molecular formula is C32H31NO4. The summed E-state index contributed by atoms with van der Waals surface area (Å²) in [5, 5.41) is 14.5. The SMILES string of the molecule is CC(C)(C)OC(C(=O)O)c1c(C2=CC=C3OCCC4=CC=NC2(C)C43)c2ccccc2c2ccccc12. The molecule has 3 unspecified atom stereocenters. The minimum atomic E-state index is -1.16. The van der Waals surface area contributed by atoms with Gasteiger partial charge in [0.15, 0.2) is 6.10 Å². The van der Waals surface area contributed by atoms with Gasteiger partial charge in [0.2, 0.25) is 0 Å². The maximum absolute atomic E-state index is 12.9. The average molecular weight is 494 g/mol. The Balaban J connectivity index is 1.75. The first-order valence-electron chi connectivity index (χ1n) is 12.8. The Morgan fingerprint density at radius 2 is 1.68 bits per heavy atom. The first-order chi connectivity index (χ1) is 17.7.